The van der Waals surface area contributed by atoms with Crippen molar-refractivity contribution in [2.75, 3.05) is 26.2 Å². The number of aliphatic hydroxyl groups excluding tert-OH is 1. The Balaban J connectivity index is 2.55. The quantitative estimate of drug-likeness (QED) is 0.173. The summed E-state index contributed by atoms with van der Waals surface area (Å²) in [5.41, 5.74) is -0.285. The fourth-order valence-electron chi connectivity index (χ4n) is 4.66. The number of amides is 2. The highest BCUT2D eigenvalue weighted by Crippen LogP contribution is 2.19. The summed E-state index contributed by atoms with van der Waals surface area (Å²) in [5, 5.41) is 19.7. The first-order valence-corrected chi connectivity index (χ1v) is 18.2. The molecular weight excluding hydrogens is 644 g/mol. The Morgan fingerprint density at radius 3 is 1.91 bits per heavy atom. The molecule has 0 aliphatic heterocycles. The van der Waals surface area contributed by atoms with Crippen LogP contribution in [0.5, 0.6) is 0 Å². The molecule has 2 atom stereocenters. The Hall–Kier alpha value is -3.02. The van der Waals surface area contributed by atoms with Gasteiger partial charge in [-0.2, -0.15) is 0 Å². The van der Waals surface area contributed by atoms with Crippen LogP contribution in [0.15, 0.2) is 41.3 Å². The molecule has 2 unspecified atom stereocenters. The van der Waals surface area contributed by atoms with E-state index in [4.69, 9.17) is 5.14 Å². The molecule has 0 aliphatic carbocycles. The summed E-state index contributed by atoms with van der Waals surface area (Å²) in [7, 11) is -8.17. The van der Waals surface area contributed by atoms with Gasteiger partial charge in [0.2, 0.25) is 20.0 Å². The lowest BCUT2D eigenvalue weighted by Crippen LogP contribution is -2.54. The number of hydrogen-bond donors (Lipinski definition) is 4. The van der Waals surface area contributed by atoms with E-state index in [0.717, 1.165) is 24.3 Å². The summed E-state index contributed by atoms with van der Waals surface area (Å²) in [6.45, 7) is 9.13. The number of nitrogens with two attached hydrogens (primary N) is 1. The highest BCUT2D eigenvalue weighted by Gasteiger charge is 2.29. The molecule has 46 heavy (non-hydrogen) atoms. The van der Waals surface area contributed by atoms with Crippen LogP contribution in [0, 0.1) is 11.6 Å². The van der Waals surface area contributed by atoms with Crippen LogP contribution in [0.25, 0.3) is 0 Å². The molecule has 258 valence electrons. The monoisotopic (exact) mass is 689 g/mol. The molecule has 0 bridgehead atoms. The number of carbonyl (C=O) groups excluding carboxylic acids is 2. The van der Waals surface area contributed by atoms with Gasteiger partial charge in [0.25, 0.3) is 11.8 Å². The van der Waals surface area contributed by atoms with Crippen molar-refractivity contribution < 1.29 is 40.3 Å². The molecule has 0 spiro atoms. The first-order chi connectivity index (χ1) is 21.4. The molecule has 0 aliphatic rings. The van der Waals surface area contributed by atoms with Crippen LogP contribution in [0.3, 0.4) is 0 Å². The maximum atomic E-state index is 14.1. The number of halogens is 2. The Bertz CT molecular complexity index is 1550. The van der Waals surface area contributed by atoms with Crippen molar-refractivity contribution in [3.8, 4) is 0 Å². The Labute approximate surface area is 270 Å². The summed E-state index contributed by atoms with van der Waals surface area (Å²) in [6, 6.07) is 4.72. The van der Waals surface area contributed by atoms with E-state index < -0.39 is 65.8 Å². The van der Waals surface area contributed by atoms with Crippen LogP contribution >= 0.6 is 0 Å². The molecule has 0 saturated heterocycles. The molecule has 0 saturated carbocycles. The van der Waals surface area contributed by atoms with Crippen LogP contribution < -0.4 is 15.3 Å². The number of carbonyl (C=O) groups is 2. The fourth-order valence-corrected chi connectivity index (χ4v) is 5.97. The van der Waals surface area contributed by atoms with Crippen LogP contribution in [0.1, 0.15) is 80.2 Å². The van der Waals surface area contributed by atoms with Crippen molar-refractivity contribution >= 4 is 31.9 Å². The van der Waals surface area contributed by atoms with Crippen LogP contribution in [-0.4, -0.2) is 87.2 Å². The third-order valence-corrected chi connectivity index (χ3v) is 9.60. The Kier molecular flexibility index (Phi) is 14.7. The minimum atomic E-state index is -4.37. The van der Waals surface area contributed by atoms with Crippen LogP contribution in [0.2, 0.25) is 0 Å². The van der Waals surface area contributed by atoms with Gasteiger partial charge in [-0.25, -0.2) is 35.8 Å². The smallest absolute Gasteiger partial charge is 0.253 e. The largest absolute Gasteiger partial charge is 0.390 e. The number of aliphatic hydroxyl groups is 1. The lowest BCUT2D eigenvalue weighted by molar-refractivity contribution is 0.0617. The van der Waals surface area contributed by atoms with E-state index in [1.54, 1.807) is 6.92 Å². The van der Waals surface area contributed by atoms with Gasteiger partial charge in [-0.15, -0.1) is 4.83 Å². The Morgan fingerprint density at radius 2 is 1.41 bits per heavy atom. The zero-order valence-corrected chi connectivity index (χ0v) is 28.4. The summed E-state index contributed by atoms with van der Waals surface area (Å²) in [4.78, 5) is 30.4. The Morgan fingerprint density at radius 1 is 0.870 bits per heavy atom. The fraction of sp³-hybridized carbons (Fsp3) is 0.533. The molecule has 12 nitrogen and oxygen atoms in total. The predicted octanol–water partition coefficient (Wildman–Crippen LogP) is 2.53. The summed E-state index contributed by atoms with van der Waals surface area (Å²) >= 11 is 0. The van der Waals surface area contributed by atoms with Gasteiger partial charge in [0.05, 0.1) is 22.3 Å². The van der Waals surface area contributed by atoms with Crippen molar-refractivity contribution in [3.05, 3.63) is 64.7 Å². The van der Waals surface area contributed by atoms with E-state index in [9.17, 15) is 40.3 Å². The van der Waals surface area contributed by atoms with E-state index in [0.29, 0.717) is 38.4 Å². The standard InChI is InChI=1S/C30H45F2N5O7S2/c1-6-9-36(10-7-2)30(40)23-15-22(16-26(17-23)45(33,41)42)29(39)34-27(14-21-12-24(31)18-25(32)13-21)28(38)19-37(11-8-3)35-46(43,44)20(4)5/h12-13,15-18,20,27-28,35,38H,6-11,14,19H2,1-5H3,(H,34,39)(H2,33,41,42). The van der Waals surface area contributed by atoms with Gasteiger partial charge in [-0.3, -0.25) is 9.59 Å². The van der Waals surface area contributed by atoms with Gasteiger partial charge in [0, 0.05) is 43.4 Å². The van der Waals surface area contributed by atoms with Gasteiger partial charge >= 0.3 is 0 Å². The minimum absolute atomic E-state index is 0.0792. The van der Waals surface area contributed by atoms with Crippen molar-refractivity contribution in [2.24, 2.45) is 5.14 Å². The van der Waals surface area contributed by atoms with E-state index in [1.807, 2.05) is 13.8 Å². The second-order valence-electron chi connectivity index (χ2n) is 11.3. The molecule has 2 amide bonds. The molecule has 2 aromatic rings. The number of nitrogens with one attached hydrogen (secondary N) is 2. The number of benzene rings is 2. The molecular formula is C30H45F2N5O7S2. The van der Waals surface area contributed by atoms with E-state index in [2.05, 4.69) is 10.1 Å². The average molecular weight is 690 g/mol. The first-order valence-electron chi connectivity index (χ1n) is 15.1. The number of rotatable bonds is 18. The molecule has 0 aromatic heterocycles. The highest BCUT2D eigenvalue weighted by molar-refractivity contribution is 7.90. The van der Waals surface area contributed by atoms with E-state index >= 15 is 0 Å². The molecule has 5 N–H and O–H groups in total. The second-order valence-corrected chi connectivity index (χ2v) is 15.1. The third kappa shape index (κ3) is 11.7. The summed E-state index contributed by atoms with van der Waals surface area (Å²) in [5.74, 6) is -3.20. The number of nitrogens with zero attached hydrogens (tertiary/aromatic N) is 2. The topological polar surface area (TPSA) is 179 Å². The predicted molar refractivity (Wildman–Crippen MR) is 171 cm³/mol. The van der Waals surface area contributed by atoms with Gasteiger partial charge < -0.3 is 15.3 Å². The first kappa shape index (κ1) is 39.2. The second kappa shape index (κ2) is 17.2. The van der Waals surface area contributed by atoms with Crippen molar-refractivity contribution in [1.82, 2.24) is 20.1 Å². The van der Waals surface area contributed by atoms with Gasteiger partial charge in [-0.05, 0) is 75.4 Å². The lowest BCUT2D eigenvalue weighted by atomic mass is 9.99. The van der Waals surface area contributed by atoms with Crippen molar-refractivity contribution in [3.63, 3.8) is 0 Å². The molecule has 0 radical (unpaired) electrons. The molecule has 16 heteroatoms. The zero-order valence-electron chi connectivity index (χ0n) is 26.8. The van der Waals surface area contributed by atoms with E-state index in [-0.39, 0.29) is 36.2 Å². The number of hydrazine groups is 1. The van der Waals surface area contributed by atoms with E-state index in [1.165, 1.54) is 29.8 Å². The van der Waals surface area contributed by atoms with Crippen LogP contribution in [-0.2, 0) is 26.5 Å². The average Bonchev–Trinajstić information content (AvgIpc) is 2.94. The number of hydrogen-bond acceptors (Lipinski definition) is 8. The molecule has 0 fully saturated rings. The van der Waals surface area contributed by atoms with Gasteiger partial charge in [-0.1, -0.05) is 20.8 Å². The van der Waals surface area contributed by atoms with Crippen molar-refractivity contribution in [2.45, 2.75) is 82.6 Å². The summed E-state index contributed by atoms with van der Waals surface area (Å²) < 4.78 is 77.9. The maximum Gasteiger partial charge on any atom is 0.253 e. The van der Waals surface area contributed by atoms with Gasteiger partial charge in [0.1, 0.15) is 11.6 Å². The third-order valence-electron chi connectivity index (χ3n) is 6.96. The molecule has 2 aromatic carbocycles. The lowest BCUT2D eigenvalue weighted by Gasteiger charge is -2.30. The SMILES string of the molecule is CCCN(CC(O)C(Cc1cc(F)cc(F)c1)NC(=O)c1cc(C(=O)N(CCC)CCC)cc(S(N)(=O)=O)c1)NS(=O)(=O)C(C)C. The normalized spacial score (nSPS) is 13.5. The maximum absolute atomic E-state index is 14.1. The highest BCUT2D eigenvalue weighted by atomic mass is 32.2. The molecule has 2 rings (SSSR count). The van der Waals surface area contributed by atoms with Gasteiger partial charge in [0.15, 0.2) is 0 Å². The summed E-state index contributed by atoms with van der Waals surface area (Å²) in [6.07, 6.45) is -0.0274. The van der Waals surface area contributed by atoms with Crippen LogP contribution in [0.4, 0.5) is 8.78 Å². The number of primary sulfonamides is 1. The van der Waals surface area contributed by atoms with Crippen molar-refractivity contribution in [1.29, 1.82) is 0 Å². The number of sulfonamides is 2. The minimum Gasteiger partial charge on any atom is -0.390 e. The molecule has 0 heterocycles. The zero-order chi connectivity index (χ0) is 34.8.